The Hall–Kier alpha value is -4.53. The van der Waals surface area contributed by atoms with Gasteiger partial charge in [0.25, 0.3) is 11.2 Å². The first-order chi connectivity index (χ1) is 18.5. The van der Waals surface area contributed by atoms with Crippen molar-refractivity contribution in [1.82, 2.24) is 9.66 Å². The number of hydrogen-bond acceptors (Lipinski definition) is 7. The number of nitrogens with zero attached hydrogens (tertiary/aromatic N) is 4. The highest BCUT2D eigenvalue weighted by molar-refractivity contribution is 5.81. The first-order valence-corrected chi connectivity index (χ1v) is 12.6. The number of nitro benzene ring substituents is 1. The summed E-state index contributed by atoms with van der Waals surface area (Å²) in [6.07, 6.45) is 7.04. The lowest BCUT2D eigenvalue weighted by Crippen LogP contribution is -2.25. The molecule has 0 saturated heterocycles. The zero-order valence-corrected chi connectivity index (χ0v) is 21.1. The fourth-order valence-corrected chi connectivity index (χ4v) is 4.81. The number of rotatable bonds is 8. The van der Waals surface area contributed by atoms with Gasteiger partial charge in [-0.3, -0.25) is 14.9 Å². The standard InChI is InChI=1S/C29H28N4O5/c1-37-27-17-20(14-15-26(27)38-19-21-8-7-11-23(16-21)33(35)36)18-30-32-28(22-9-3-2-4-10-22)31-25-13-6-5-12-24(25)29(32)34/h5-8,11-18,22H,2-4,9-10,19H2,1H3. The van der Waals surface area contributed by atoms with Crippen molar-refractivity contribution in [3.63, 3.8) is 0 Å². The van der Waals surface area contributed by atoms with Gasteiger partial charge in [0.1, 0.15) is 12.4 Å². The Bertz CT molecular complexity index is 1560. The van der Waals surface area contributed by atoms with E-state index in [1.807, 2.05) is 24.3 Å². The molecule has 0 N–H and O–H groups in total. The van der Waals surface area contributed by atoms with Crippen LogP contribution in [0.25, 0.3) is 10.9 Å². The molecular formula is C29H28N4O5. The van der Waals surface area contributed by atoms with E-state index in [1.165, 1.54) is 30.3 Å². The van der Waals surface area contributed by atoms with Gasteiger partial charge < -0.3 is 9.47 Å². The minimum Gasteiger partial charge on any atom is -0.493 e. The molecule has 5 rings (SSSR count). The molecule has 38 heavy (non-hydrogen) atoms. The molecule has 1 fully saturated rings. The van der Waals surface area contributed by atoms with Crippen LogP contribution in [0.3, 0.4) is 0 Å². The van der Waals surface area contributed by atoms with Crippen molar-refractivity contribution in [2.24, 2.45) is 5.10 Å². The number of nitro groups is 1. The van der Waals surface area contributed by atoms with Gasteiger partial charge in [0.05, 0.1) is 29.2 Å². The van der Waals surface area contributed by atoms with Crippen molar-refractivity contribution in [3.8, 4) is 11.5 Å². The van der Waals surface area contributed by atoms with E-state index in [-0.39, 0.29) is 23.8 Å². The molecule has 0 amide bonds. The molecule has 1 aliphatic rings. The fourth-order valence-electron chi connectivity index (χ4n) is 4.81. The molecule has 0 atom stereocenters. The number of aromatic nitrogens is 2. The van der Waals surface area contributed by atoms with Gasteiger partial charge in [-0.05, 0) is 54.3 Å². The Morgan fingerprint density at radius 3 is 2.66 bits per heavy atom. The molecule has 4 aromatic rings. The predicted octanol–water partition coefficient (Wildman–Crippen LogP) is 5.82. The van der Waals surface area contributed by atoms with Crippen LogP contribution in [0.1, 0.15) is 55.0 Å². The minimum absolute atomic E-state index is 0.00985. The number of methoxy groups -OCH3 is 1. The number of ether oxygens (including phenoxy) is 2. The third-order valence-corrected chi connectivity index (χ3v) is 6.77. The molecule has 0 aliphatic heterocycles. The Balaban J connectivity index is 1.42. The molecule has 1 aromatic heterocycles. The smallest absolute Gasteiger partial charge is 0.282 e. The summed E-state index contributed by atoms with van der Waals surface area (Å²) in [5, 5.41) is 16.1. The van der Waals surface area contributed by atoms with Crippen molar-refractivity contribution in [3.05, 3.63) is 104 Å². The second kappa shape index (κ2) is 11.2. The van der Waals surface area contributed by atoms with Crippen molar-refractivity contribution in [1.29, 1.82) is 0 Å². The molecule has 0 spiro atoms. The molecular weight excluding hydrogens is 484 g/mol. The molecule has 0 unspecified atom stereocenters. The highest BCUT2D eigenvalue weighted by atomic mass is 16.6. The van der Waals surface area contributed by atoms with Gasteiger partial charge in [0.15, 0.2) is 11.5 Å². The second-order valence-corrected chi connectivity index (χ2v) is 9.31. The van der Waals surface area contributed by atoms with E-state index in [9.17, 15) is 14.9 Å². The first-order valence-electron chi connectivity index (χ1n) is 12.6. The molecule has 1 aliphatic carbocycles. The number of fused-ring (bicyclic) bond motifs is 1. The van der Waals surface area contributed by atoms with Crippen LogP contribution in [0.4, 0.5) is 5.69 Å². The Kier molecular flexibility index (Phi) is 7.44. The van der Waals surface area contributed by atoms with E-state index >= 15 is 0 Å². The Labute approximate surface area is 219 Å². The van der Waals surface area contributed by atoms with Crippen molar-refractivity contribution < 1.29 is 14.4 Å². The highest BCUT2D eigenvalue weighted by Crippen LogP contribution is 2.32. The van der Waals surface area contributed by atoms with Crippen LogP contribution in [-0.2, 0) is 6.61 Å². The first kappa shape index (κ1) is 25.1. The van der Waals surface area contributed by atoms with Gasteiger partial charge in [0, 0.05) is 18.1 Å². The van der Waals surface area contributed by atoms with E-state index in [0.717, 1.165) is 31.2 Å². The van der Waals surface area contributed by atoms with E-state index in [4.69, 9.17) is 14.5 Å². The summed E-state index contributed by atoms with van der Waals surface area (Å²) in [7, 11) is 1.54. The summed E-state index contributed by atoms with van der Waals surface area (Å²) < 4.78 is 12.8. The van der Waals surface area contributed by atoms with Crippen LogP contribution in [0.5, 0.6) is 11.5 Å². The number of benzene rings is 3. The molecule has 0 radical (unpaired) electrons. The quantitative estimate of drug-likeness (QED) is 0.167. The maximum Gasteiger partial charge on any atom is 0.282 e. The summed E-state index contributed by atoms with van der Waals surface area (Å²) in [5.41, 5.74) is 1.91. The van der Waals surface area contributed by atoms with Crippen molar-refractivity contribution in [2.45, 2.75) is 44.6 Å². The zero-order valence-electron chi connectivity index (χ0n) is 21.1. The average Bonchev–Trinajstić information content (AvgIpc) is 2.96. The summed E-state index contributed by atoms with van der Waals surface area (Å²) in [4.78, 5) is 28.8. The molecule has 1 heterocycles. The fraction of sp³-hybridized carbons (Fsp3) is 0.276. The predicted molar refractivity (Wildman–Crippen MR) is 145 cm³/mol. The van der Waals surface area contributed by atoms with Crippen LogP contribution in [0.2, 0.25) is 0 Å². The highest BCUT2D eigenvalue weighted by Gasteiger charge is 2.22. The summed E-state index contributed by atoms with van der Waals surface area (Å²) >= 11 is 0. The minimum atomic E-state index is -0.436. The van der Waals surface area contributed by atoms with Gasteiger partial charge in [-0.25, -0.2) is 4.98 Å². The van der Waals surface area contributed by atoms with Crippen LogP contribution in [0, 0.1) is 10.1 Å². The van der Waals surface area contributed by atoms with E-state index in [2.05, 4.69) is 5.10 Å². The lowest BCUT2D eigenvalue weighted by molar-refractivity contribution is -0.384. The van der Waals surface area contributed by atoms with E-state index in [1.54, 1.807) is 36.5 Å². The molecule has 1 saturated carbocycles. The van der Waals surface area contributed by atoms with Crippen molar-refractivity contribution >= 4 is 22.8 Å². The van der Waals surface area contributed by atoms with Crippen LogP contribution in [0.15, 0.2) is 76.6 Å². The summed E-state index contributed by atoms with van der Waals surface area (Å²) in [6.45, 7) is 0.147. The lowest BCUT2D eigenvalue weighted by Gasteiger charge is -2.22. The van der Waals surface area contributed by atoms with Crippen molar-refractivity contribution in [2.75, 3.05) is 7.11 Å². The maximum atomic E-state index is 13.4. The van der Waals surface area contributed by atoms with Gasteiger partial charge >= 0.3 is 0 Å². The number of non-ortho nitro benzene ring substituents is 1. The van der Waals surface area contributed by atoms with Gasteiger partial charge in [0.2, 0.25) is 0 Å². The van der Waals surface area contributed by atoms with Crippen LogP contribution in [-0.4, -0.2) is 27.9 Å². The second-order valence-electron chi connectivity index (χ2n) is 9.31. The molecule has 194 valence electrons. The molecule has 3 aromatic carbocycles. The molecule has 9 heteroatoms. The Morgan fingerprint density at radius 2 is 1.87 bits per heavy atom. The topological polar surface area (TPSA) is 109 Å². The number of para-hydroxylation sites is 1. The monoisotopic (exact) mass is 512 g/mol. The average molecular weight is 513 g/mol. The van der Waals surface area contributed by atoms with Crippen LogP contribution >= 0.6 is 0 Å². The Morgan fingerprint density at radius 1 is 1.05 bits per heavy atom. The van der Waals surface area contributed by atoms with Gasteiger partial charge in [-0.15, -0.1) is 0 Å². The lowest BCUT2D eigenvalue weighted by atomic mass is 9.88. The van der Waals surface area contributed by atoms with E-state index in [0.29, 0.717) is 33.8 Å². The van der Waals surface area contributed by atoms with Gasteiger partial charge in [-0.1, -0.05) is 43.5 Å². The number of hydrogen-bond donors (Lipinski definition) is 0. The van der Waals surface area contributed by atoms with Crippen LogP contribution < -0.4 is 15.0 Å². The molecule has 0 bridgehead atoms. The van der Waals surface area contributed by atoms with E-state index < -0.39 is 4.92 Å². The third-order valence-electron chi connectivity index (χ3n) is 6.77. The normalized spacial score (nSPS) is 14.1. The largest absolute Gasteiger partial charge is 0.493 e. The SMILES string of the molecule is COc1cc(C=Nn2c(C3CCCCC3)nc3ccccc3c2=O)ccc1OCc1cccc([N+](=O)[O-])c1. The molecule has 9 nitrogen and oxygen atoms in total. The third kappa shape index (κ3) is 5.41. The zero-order chi connectivity index (χ0) is 26.5. The van der Waals surface area contributed by atoms with Gasteiger partial charge in [-0.2, -0.15) is 9.78 Å². The summed E-state index contributed by atoms with van der Waals surface area (Å²) in [6, 6.07) is 19.0. The summed E-state index contributed by atoms with van der Waals surface area (Å²) in [5.74, 6) is 1.87. The maximum absolute atomic E-state index is 13.4.